The molecule has 2 heteroatoms. The summed E-state index contributed by atoms with van der Waals surface area (Å²) in [5.74, 6) is 0. The molecule has 0 aliphatic heterocycles. The van der Waals surface area contributed by atoms with Gasteiger partial charge in [-0.3, -0.25) is 4.98 Å². The molecule has 54 heavy (non-hydrogen) atoms. The molecule has 0 aliphatic carbocycles. The highest BCUT2D eigenvalue weighted by Crippen LogP contribution is 2.36. The fourth-order valence-corrected chi connectivity index (χ4v) is 7.27. The van der Waals surface area contributed by atoms with Crippen LogP contribution in [-0.4, -0.2) is 10.7 Å². The number of aromatic nitrogens is 1. The Morgan fingerprint density at radius 2 is 1.24 bits per heavy atom. The van der Waals surface area contributed by atoms with Crippen molar-refractivity contribution in [3.05, 3.63) is 217 Å². The van der Waals surface area contributed by atoms with Crippen molar-refractivity contribution in [1.29, 1.82) is 0 Å². The normalized spacial score (nSPS) is 11.7. The van der Waals surface area contributed by atoms with E-state index in [4.69, 9.17) is 4.99 Å². The average molecular weight is 693 g/mol. The van der Waals surface area contributed by atoms with Crippen LogP contribution in [0, 0.1) is 6.92 Å². The van der Waals surface area contributed by atoms with Crippen molar-refractivity contribution < 1.29 is 0 Å². The fraction of sp³-hybridized carbons (Fsp3) is 0.0385. The van der Waals surface area contributed by atoms with Crippen molar-refractivity contribution in [3.63, 3.8) is 0 Å². The maximum Gasteiger partial charge on any atom is 0.0784 e. The van der Waals surface area contributed by atoms with Gasteiger partial charge in [-0.15, -0.1) is 0 Å². The van der Waals surface area contributed by atoms with E-state index in [9.17, 15) is 0 Å². The Hall–Kier alpha value is -6.90. The summed E-state index contributed by atoms with van der Waals surface area (Å²) in [4.78, 5) is 9.61. The lowest BCUT2D eigenvalue weighted by Crippen LogP contribution is -2.06. The van der Waals surface area contributed by atoms with Gasteiger partial charge in [0.2, 0.25) is 0 Å². The highest BCUT2D eigenvalue weighted by atomic mass is 14.8. The van der Waals surface area contributed by atoms with Gasteiger partial charge in [-0.2, -0.15) is 0 Å². The first-order chi connectivity index (χ1) is 26.5. The van der Waals surface area contributed by atoms with E-state index in [1.54, 1.807) is 0 Å². The SMILES string of the molecule is C=Cc1cc(-c2cc(-c3ccc(C(=C)N=C(c4ccccc4)c4ccc5ccccc5c4C)cc3)cc(-c3ccc4ccncc4c3)c2)ccc1/C=C\C. The quantitative estimate of drug-likeness (QED) is 0.138. The number of fused-ring (bicyclic) bond motifs is 2. The van der Waals surface area contributed by atoms with E-state index in [1.807, 2.05) is 31.5 Å². The van der Waals surface area contributed by atoms with E-state index < -0.39 is 0 Å². The highest BCUT2D eigenvalue weighted by molar-refractivity contribution is 6.17. The summed E-state index contributed by atoms with van der Waals surface area (Å²) >= 11 is 0. The van der Waals surface area contributed by atoms with E-state index in [2.05, 4.69) is 183 Å². The second-order valence-corrected chi connectivity index (χ2v) is 13.6. The molecule has 0 spiro atoms. The van der Waals surface area contributed by atoms with Crippen molar-refractivity contribution >= 4 is 45.1 Å². The Morgan fingerprint density at radius 3 is 2.00 bits per heavy atom. The largest absolute Gasteiger partial charge is 0.264 e. The van der Waals surface area contributed by atoms with Gasteiger partial charge in [0.15, 0.2) is 0 Å². The lowest BCUT2D eigenvalue weighted by Gasteiger charge is -2.15. The van der Waals surface area contributed by atoms with Gasteiger partial charge in [0.05, 0.1) is 11.4 Å². The summed E-state index contributed by atoms with van der Waals surface area (Å²) in [7, 11) is 0. The van der Waals surface area contributed by atoms with Crippen LogP contribution in [0.5, 0.6) is 0 Å². The number of aryl methyl sites for hydroxylation is 1. The zero-order valence-corrected chi connectivity index (χ0v) is 30.6. The maximum atomic E-state index is 5.23. The highest BCUT2D eigenvalue weighted by Gasteiger charge is 2.14. The molecule has 0 unspecified atom stereocenters. The van der Waals surface area contributed by atoms with E-state index in [-0.39, 0.29) is 0 Å². The molecular weight excluding hydrogens is 653 g/mol. The van der Waals surface area contributed by atoms with Crippen molar-refractivity contribution in [3.8, 4) is 33.4 Å². The Balaban J connectivity index is 1.20. The van der Waals surface area contributed by atoms with Gasteiger partial charge < -0.3 is 0 Å². The molecule has 0 saturated heterocycles. The van der Waals surface area contributed by atoms with E-state index in [0.29, 0.717) is 5.70 Å². The number of nitrogens with zero attached hydrogens (tertiary/aromatic N) is 2. The first kappa shape index (κ1) is 34.2. The number of rotatable bonds is 9. The standard InChI is InChI=1S/C52H40N2/c1-5-12-39-21-23-44(29-37(39)6-2)47-31-46(32-48(33-47)45-24-22-41-27-28-53-34-49(41)30-45)40-19-17-38(18-20-40)36(4)54-52(43-14-8-7-9-15-43)51-26-25-42-13-10-11-16-50(42)35(51)3/h5-34H,2,4H2,1,3H3/b12-5-,54-52?. The van der Waals surface area contributed by atoms with Gasteiger partial charge in [-0.25, -0.2) is 4.99 Å². The van der Waals surface area contributed by atoms with Crippen LogP contribution < -0.4 is 0 Å². The first-order valence-electron chi connectivity index (χ1n) is 18.3. The van der Waals surface area contributed by atoms with E-state index in [0.717, 1.165) is 72.3 Å². The van der Waals surface area contributed by atoms with Crippen molar-refractivity contribution in [1.82, 2.24) is 4.98 Å². The van der Waals surface area contributed by atoms with E-state index >= 15 is 0 Å². The lowest BCUT2D eigenvalue weighted by molar-refractivity contribution is 1.36. The van der Waals surface area contributed by atoms with Crippen LogP contribution >= 0.6 is 0 Å². The zero-order valence-electron chi connectivity index (χ0n) is 30.6. The Kier molecular flexibility index (Phi) is 9.49. The molecule has 8 rings (SSSR count). The first-order valence-corrected chi connectivity index (χ1v) is 18.3. The minimum absolute atomic E-state index is 0.713. The summed E-state index contributed by atoms with van der Waals surface area (Å²) in [5, 5.41) is 4.73. The summed E-state index contributed by atoms with van der Waals surface area (Å²) in [6, 6.07) is 54.0. The number of benzene rings is 7. The molecule has 0 radical (unpaired) electrons. The van der Waals surface area contributed by atoms with Crippen LogP contribution in [-0.2, 0) is 0 Å². The molecule has 0 N–H and O–H groups in total. The molecule has 2 nitrogen and oxygen atoms in total. The molecule has 0 saturated carbocycles. The average Bonchev–Trinajstić information content (AvgIpc) is 3.23. The number of aliphatic imine (C=N–C) groups is 1. The molecule has 0 bridgehead atoms. The van der Waals surface area contributed by atoms with E-state index in [1.165, 1.54) is 21.7 Å². The van der Waals surface area contributed by atoms with Crippen LogP contribution in [0.3, 0.4) is 0 Å². The second kappa shape index (κ2) is 15.0. The Labute approximate surface area is 317 Å². The minimum atomic E-state index is 0.713. The fourth-order valence-electron chi connectivity index (χ4n) is 7.27. The van der Waals surface area contributed by atoms with Gasteiger partial charge in [-0.05, 0) is 122 Å². The molecule has 258 valence electrons. The Morgan fingerprint density at radius 1 is 0.574 bits per heavy atom. The monoisotopic (exact) mass is 692 g/mol. The third-order valence-corrected chi connectivity index (χ3v) is 10.2. The topological polar surface area (TPSA) is 25.2 Å². The molecule has 0 amide bonds. The number of hydrogen-bond acceptors (Lipinski definition) is 2. The van der Waals surface area contributed by atoms with Crippen LogP contribution in [0.15, 0.2) is 188 Å². The van der Waals surface area contributed by atoms with Crippen LogP contribution in [0.2, 0.25) is 0 Å². The zero-order chi connectivity index (χ0) is 37.0. The summed E-state index contributed by atoms with van der Waals surface area (Å²) in [6.45, 7) is 12.8. The molecule has 1 heterocycles. The molecular formula is C52H40N2. The van der Waals surface area contributed by atoms with Crippen LogP contribution in [0.4, 0.5) is 0 Å². The number of allylic oxidation sites excluding steroid dienone is 1. The predicted molar refractivity (Wildman–Crippen MR) is 233 cm³/mol. The predicted octanol–water partition coefficient (Wildman–Crippen LogP) is 13.9. The molecule has 8 aromatic rings. The lowest BCUT2D eigenvalue weighted by atomic mass is 9.91. The Bertz CT molecular complexity index is 2750. The van der Waals surface area contributed by atoms with Crippen LogP contribution in [0.25, 0.3) is 72.8 Å². The molecule has 0 aliphatic rings. The number of pyridine rings is 1. The third-order valence-electron chi connectivity index (χ3n) is 10.2. The minimum Gasteiger partial charge on any atom is -0.264 e. The molecule has 1 aromatic heterocycles. The number of hydrogen-bond donors (Lipinski definition) is 0. The van der Waals surface area contributed by atoms with Crippen molar-refractivity contribution in [2.75, 3.05) is 0 Å². The summed E-state index contributed by atoms with van der Waals surface area (Å²) < 4.78 is 0. The van der Waals surface area contributed by atoms with Crippen molar-refractivity contribution in [2.24, 2.45) is 4.99 Å². The third kappa shape index (κ3) is 6.86. The second-order valence-electron chi connectivity index (χ2n) is 13.6. The van der Waals surface area contributed by atoms with Gasteiger partial charge >= 0.3 is 0 Å². The van der Waals surface area contributed by atoms with Gasteiger partial charge in [-0.1, -0.05) is 147 Å². The van der Waals surface area contributed by atoms with Crippen LogP contribution in [0.1, 0.15) is 40.3 Å². The van der Waals surface area contributed by atoms with Gasteiger partial charge in [0, 0.05) is 28.9 Å². The van der Waals surface area contributed by atoms with Gasteiger partial charge in [0.1, 0.15) is 0 Å². The summed E-state index contributed by atoms with van der Waals surface area (Å²) in [6.07, 6.45) is 9.88. The summed E-state index contributed by atoms with van der Waals surface area (Å²) in [5.41, 5.74) is 15.0. The van der Waals surface area contributed by atoms with Gasteiger partial charge in [0.25, 0.3) is 0 Å². The molecule has 7 aromatic carbocycles. The maximum absolute atomic E-state index is 5.23. The molecule has 0 atom stereocenters. The van der Waals surface area contributed by atoms with Crippen molar-refractivity contribution in [2.45, 2.75) is 13.8 Å². The molecule has 0 fully saturated rings. The smallest absolute Gasteiger partial charge is 0.0784 e.